The highest BCUT2D eigenvalue weighted by Gasteiger charge is 2.13. The number of rotatable bonds is 2. The van der Waals surface area contributed by atoms with Crippen molar-refractivity contribution in [2.24, 2.45) is 5.73 Å². The van der Waals surface area contributed by atoms with Crippen molar-refractivity contribution in [3.63, 3.8) is 0 Å². The van der Waals surface area contributed by atoms with Gasteiger partial charge in [-0.2, -0.15) is 0 Å². The van der Waals surface area contributed by atoms with Crippen molar-refractivity contribution < 1.29 is 9.59 Å². The highest BCUT2D eigenvalue weighted by molar-refractivity contribution is 6.43. The molecule has 1 rings (SSSR count). The first kappa shape index (κ1) is 8.26. The summed E-state index contributed by atoms with van der Waals surface area (Å²) in [6.07, 6.45) is 0. The molecule has 62 valence electrons. The Morgan fingerprint density at radius 1 is 1.17 bits per heavy atom. The van der Waals surface area contributed by atoms with Crippen molar-refractivity contribution in [2.45, 2.75) is 0 Å². The lowest BCUT2D eigenvalue weighted by molar-refractivity contribution is -0.114. The van der Waals surface area contributed by atoms with Crippen LogP contribution in [-0.2, 0) is 4.79 Å². The van der Waals surface area contributed by atoms with E-state index in [1.165, 1.54) is 12.1 Å². The number of hydrogen-bond acceptors (Lipinski definition) is 3. The summed E-state index contributed by atoms with van der Waals surface area (Å²) in [7, 11) is 0. The molecule has 0 aliphatic heterocycles. The molecule has 0 radical (unpaired) electrons. The molecular formula is C8H8N2O2. The number of Topliss-reactive ketones (excluding diaryl/α,β-unsaturated/α-hetero) is 1. The summed E-state index contributed by atoms with van der Waals surface area (Å²) in [5, 5.41) is 0. The Hall–Kier alpha value is -1.84. The highest BCUT2D eigenvalue weighted by atomic mass is 16.2. The van der Waals surface area contributed by atoms with Crippen LogP contribution in [0, 0.1) is 0 Å². The number of amides is 1. The lowest BCUT2D eigenvalue weighted by atomic mass is 10.1. The van der Waals surface area contributed by atoms with E-state index in [0.29, 0.717) is 0 Å². The molecule has 0 fully saturated rings. The number of nitrogens with two attached hydrogens (primary N) is 2. The van der Waals surface area contributed by atoms with Gasteiger partial charge in [0.05, 0.1) is 5.56 Å². The van der Waals surface area contributed by atoms with Gasteiger partial charge in [-0.05, 0) is 12.1 Å². The second kappa shape index (κ2) is 3.04. The molecule has 0 aliphatic carbocycles. The van der Waals surface area contributed by atoms with Crippen LogP contribution in [0.2, 0.25) is 0 Å². The molecule has 1 aromatic carbocycles. The van der Waals surface area contributed by atoms with Gasteiger partial charge in [-0.25, -0.2) is 0 Å². The number of carbonyl (C=O) groups is 2. The predicted molar refractivity (Wildman–Crippen MR) is 44.4 cm³/mol. The van der Waals surface area contributed by atoms with Crippen LogP contribution in [0.1, 0.15) is 10.4 Å². The molecule has 0 atom stereocenters. The Morgan fingerprint density at radius 2 is 1.75 bits per heavy atom. The molecule has 4 nitrogen and oxygen atoms in total. The number of nitrogen functional groups attached to an aromatic ring is 1. The number of benzene rings is 1. The molecule has 0 unspecified atom stereocenters. The molecule has 1 amide bonds. The van der Waals surface area contributed by atoms with E-state index < -0.39 is 11.7 Å². The molecule has 0 bridgehead atoms. The normalized spacial score (nSPS) is 9.33. The maximum atomic E-state index is 11.0. The molecule has 1 aromatic rings. The number of anilines is 1. The fourth-order valence-corrected chi connectivity index (χ4v) is 0.837. The maximum Gasteiger partial charge on any atom is 0.289 e. The van der Waals surface area contributed by atoms with Gasteiger partial charge in [-0.1, -0.05) is 12.1 Å². The van der Waals surface area contributed by atoms with Gasteiger partial charge in [-0.15, -0.1) is 0 Å². The molecule has 4 N–H and O–H groups in total. The van der Waals surface area contributed by atoms with E-state index in [1.807, 2.05) is 0 Å². The third-order valence-corrected chi connectivity index (χ3v) is 1.43. The quantitative estimate of drug-likeness (QED) is 0.364. The molecule has 4 heteroatoms. The van der Waals surface area contributed by atoms with Gasteiger partial charge in [0.2, 0.25) is 0 Å². The van der Waals surface area contributed by atoms with Gasteiger partial charge >= 0.3 is 0 Å². The summed E-state index contributed by atoms with van der Waals surface area (Å²) in [6, 6.07) is 6.29. The van der Waals surface area contributed by atoms with Gasteiger partial charge in [-0.3, -0.25) is 9.59 Å². The Labute approximate surface area is 69.2 Å². The van der Waals surface area contributed by atoms with Crippen molar-refractivity contribution in [2.75, 3.05) is 5.73 Å². The first-order valence-corrected chi connectivity index (χ1v) is 3.31. The number of para-hydroxylation sites is 1. The zero-order valence-corrected chi connectivity index (χ0v) is 6.28. The Morgan fingerprint density at radius 3 is 2.25 bits per heavy atom. The smallest absolute Gasteiger partial charge is 0.289 e. The van der Waals surface area contributed by atoms with E-state index >= 15 is 0 Å². The minimum atomic E-state index is -0.993. The van der Waals surface area contributed by atoms with Crippen LogP contribution in [0.25, 0.3) is 0 Å². The number of hydrogen-bond donors (Lipinski definition) is 2. The standard InChI is InChI=1S/C8H8N2O2/c9-6-4-2-1-3-5(6)7(11)8(10)12/h1-4H,9H2,(H2,10,12). The molecule has 0 aliphatic rings. The van der Waals surface area contributed by atoms with Crippen LogP contribution in [0.5, 0.6) is 0 Å². The highest BCUT2D eigenvalue weighted by Crippen LogP contribution is 2.10. The number of carbonyl (C=O) groups excluding carboxylic acids is 2. The fourth-order valence-electron chi connectivity index (χ4n) is 0.837. The van der Waals surface area contributed by atoms with Crippen molar-refractivity contribution in [1.29, 1.82) is 0 Å². The average molecular weight is 164 g/mol. The van der Waals surface area contributed by atoms with Gasteiger partial charge in [0.15, 0.2) is 0 Å². The van der Waals surface area contributed by atoms with Crippen LogP contribution in [0.15, 0.2) is 24.3 Å². The van der Waals surface area contributed by atoms with E-state index in [1.54, 1.807) is 12.1 Å². The summed E-state index contributed by atoms with van der Waals surface area (Å²) in [4.78, 5) is 21.5. The monoisotopic (exact) mass is 164 g/mol. The zero-order chi connectivity index (χ0) is 9.14. The summed E-state index contributed by atoms with van der Waals surface area (Å²) >= 11 is 0. The van der Waals surface area contributed by atoms with Crippen molar-refractivity contribution in [3.8, 4) is 0 Å². The Balaban J connectivity index is 3.11. The number of primary amides is 1. The van der Waals surface area contributed by atoms with E-state index in [9.17, 15) is 9.59 Å². The molecule has 0 heterocycles. The molecule has 0 saturated carbocycles. The fraction of sp³-hybridized carbons (Fsp3) is 0. The van der Waals surface area contributed by atoms with Gasteiger partial charge in [0.1, 0.15) is 0 Å². The minimum absolute atomic E-state index is 0.157. The predicted octanol–water partition coefficient (Wildman–Crippen LogP) is -0.0632. The van der Waals surface area contributed by atoms with Crippen molar-refractivity contribution in [3.05, 3.63) is 29.8 Å². The molecular weight excluding hydrogens is 156 g/mol. The molecule has 0 aromatic heterocycles. The lowest BCUT2D eigenvalue weighted by Crippen LogP contribution is -2.23. The van der Waals surface area contributed by atoms with Gasteiger partial charge < -0.3 is 11.5 Å². The third kappa shape index (κ3) is 1.42. The van der Waals surface area contributed by atoms with Crippen molar-refractivity contribution >= 4 is 17.4 Å². The van der Waals surface area contributed by atoms with E-state index in [4.69, 9.17) is 11.5 Å². The second-order valence-corrected chi connectivity index (χ2v) is 2.28. The molecule has 0 spiro atoms. The zero-order valence-electron chi connectivity index (χ0n) is 6.28. The summed E-state index contributed by atoms with van der Waals surface area (Å²) in [6.45, 7) is 0. The lowest BCUT2D eigenvalue weighted by Gasteiger charge is -1.99. The SMILES string of the molecule is NC(=O)C(=O)c1ccccc1N. The largest absolute Gasteiger partial charge is 0.398 e. The first-order valence-electron chi connectivity index (χ1n) is 3.31. The maximum absolute atomic E-state index is 11.0. The third-order valence-electron chi connectivity index (χ3n) is 1.43. The van der Waals surface area contributed by atoms with Gasteiger partial charge in [0, 0.05) is 5.69 Å². The van der Waals surface area contributed by atoms with Crippen molar-refractivity contribution in [1.82, 2.24) is 0 Å². The van der Waals surface area contributed by atoms with E-state index in [-0.39, 0.29) is 11.3 Å². The van der Waals surface area contributed by atoms with Crippen LogP contribution in [0.3, 0.4) is 0 Å². The molecule has 0 saturated heterocycles. The Bertz CT molecular complexity index is 334. The summed E-state index contributed by atoms with van der Waals surface area (Å²) in [5.74, 6) is -1.75. The summed E-state index contributed by atoms with van der Waals surface area (Å²) < 4.78 is 0. The van der Waals surface area contributed by atoms with Crippen LogP contribution >= 0.6 is 0 Å². The van der Waals surface area contributed by atoms with E-state index in [2.05, 4.69) is 0 Å². The second-order valence-electron chi connectivity index (χ2n) is 2.28. The Kier molecular flexibility index (Phi) is 2.09. The van der Waals surface area contributed by atoms with Crippen LogP contribution in [-0.4, -0.2) is 11.7 Å². The van der Waals surface area contributed by atoms with Crippen LogP contribution < -0.4 is 11.5 Å². The van der Waals surface area contributed by atoms with E-state index in [0.717, 1.165) is 0 Å². The van der Waals surface area contributed by atoms with Crippen LogP contribution in [0.4, 0.5) is 5.69 Å². The topological polar surface area (TPSA) is 86.2 Å². The summed E-state index contributed by atoms with van der Waals surface area (Å²) in [5.41, 5.74) is 10.6. The first-order chi connectivity index (χ1) is 5.63. The molecule has 12 heavy (non-hydrogen) atoms. The van der Waals surface area contributed by atoms with Gasteiger partial charge in [0.25, 0.3) is 11.7 Å². The number of ketones is 1. The average Bonchev–Trinajstić information content (AvgIpc) is 2.04. The minimum Gasteiger partial charge on any atom is -0.398 e.